The lowest BCUT2D eigenvalue weighted by atomic mass is 9.99. The van der Waals surface area contributed by atoms with E-state index in [-0.39, 0.29) is 17.5 Å². The van der Waals surface area contributed by atoms with Crippen LogP contribution in [-0.4, -0.2) is 26.9 Å². The molecule has 27 heavy (non-hydrogen) atoms. The summed E-state index contributed by atoms with van der Waals surface area (Å²) in [5.74, 6) is -0.336. The molecule has 1 unspecified atom stereocenters. The van der Waals surface area contributed by atoms with Crippen LogP contribution in [0.15, 0.2) is 67.0 Å². The molecule has 1 aromatic carbocycles. The Balaban J connectivity index is 1.70. The molecule has 3 aromatic rings. The Morgan fingerprint density at radius 2 is 1.78 bits per heavy atom. The number of amides is 1. The molecular weight excluding hydrogens is 355 g/mol. The van der Waals surface area contributed by atoms with Crippen molar-refractivity contribution in [3.8, 4) is 0 Å². The van der Waals surface area contributed by atoms with Gasteiger partial charge in [-0.15, -0.1) is 0 Å². The lowest BCUT2D eigenvalue weighted by Gasteiger charge is -2.37. The maximum atomic E-state index is 13.1. The van der Waals surface area contributed by atoms with Crippen LogP contribution in [0.25, 0.3) is 0 Å². The van der Waals surface area contributed by atoms with Gasteiger partial charge in [-0.25, -0.2) is 0 Å². The highest BCUT2D eigenvalue weighted by molar-refractivity contribution is 5.94. The van der Waals surface area contributed by atoms with Gasteiger partial charge in [0.15, 0.2) is 0 Å². The number of alkyl halides is 3. The normalized spacial score (nSPS) is 16.9. The summed E-state index contributed by atoms with van der Waals surface area (Å²) in [6, 6.07) is 15.2. The van der Waals surface area contributed by atoms with E-state index in [2.05, 4.69) is 9.55 Å². The number of hydrogen-bond donors (Lipinski definition) is 0. The first-order valence-corrected chi connectivity index (χ1v) is 8.49. The molecule has 0 N–H and O–H groups in total. The molecule has 0 aliphatic carbocycles. The molecule has 0 bridgehead atoms. The van der Waals surface area contributed by atoms with E-state index in [0.29, 0.717) is 13.1 Å². The van der Waals surface area contributed by atoms with E-state index in [1.165, 1.54) is 6.07 Å². The van der Waals surface area contributed by atoms with Gasteiger partial charge in [-0.2, -0.15) is 13.2 Å². The fourth-order valence-corrected chi connectivity index (χ4v) is 3.44. The lowest BCUT2D eigenvalue weighted by molar-refractivity contribution is -0.141. The highest BCUT2D eigenvalue weighted by Crippen LogP contribution is 2.33. The van der Waals surface area contributed by atoms with Crippen LogP contribution in [0.2, 0.25) is 0 Å². The minimum absolute atomic E-state index is 0.143. The average Bonchev–Trinajstić information content (AvgIpc) is 3.15. The zero-order chi connectivity index (χ0) is 19.0. The summed E-state index contributed by atoms with van der Waals surface area (Å²) in [7, 11) is 0. The first kappa shape index (κ1) is 17.3. The van der Waals surface area contributed by atoms with E-state index in [0.717, 1.165) is 23.5 Å². The molecule has 0 saturated heterocycles. The van der Waals surface area contributed by atoms with Gasteiger partial charge in [0.05, 0.1) is 11.6 Å². The average molecular weight is 371 g/mol. The van der Waals surface area contributed by atoms with Gasteiger partial charge in [-0.3, -0.25) is 9.78 Å². The zero-order valence-electron chi connectivity index (χ0n) is 14.2. The van der Waals surface area contributed by atoms with Crippen LogP contribution in [0.1, 0.15) is 33.4 Å². The number of halogens is 3. The summed E-state index contributed by atoms with van der Waals surface area (Å²) < 4.78 is 40.3. The molecule has 0 fully saturated rings. The molecule has 0 saturated carbocycles. The number of pyridine rings is 1. The predicted octanol–water partition coefficient (Wildman–Crippen LogP) is 4.15. The van der Waals surface area contributed by atoms with Crippen molar-refractivity contribution in [2.45, 2.75) is 18.8 Å². The van der Waals surface area contributed by atoms with Gasteiger partial charge in [-0.05, 0) is 29.8 Å². The Hall–Kier alpha value is -3.09. The smallest absolute Gasteiger partial charge is 0.348 e. The molecule has 4 rings (SSSR count). The molecule has 1 atom stereocenters. The molecule has 138 valence electrons. The molecule has 1 aliphatic heterocycles. The number of benzene rings is 1. The lowest BCUT2D eigenvalue weighted by Crippen LogP contribution is -2.42. The molecular formula is C20H16F3N3O. The van der Waals surface area contributed by atoms with Crippen molar-refractivity contribution in [3.05, 3.63) is 89.5 Å². The van der Waals surface area contributed by atoms with Gasteiger partial charge in [0.2, 0.25) is 0 Å². The highest BCUT2D eigenvalue weighted by Gasteiger charge is 2.35. The summed E-state index contributed by atoms with van der Waals surface area (Å²) >= 11 is 0. The van der Waals surface area contributed by atoms with Gasteiger partial charge in [-0.1, -0.05) is 30.3 Å². The topological polar surface area (TPSA) is 38.1 Å². The van der Waals surface area contributed by atoms with Crippen molar-refractivity contribution in [3.63, 3.8) is 0 Å². The van der Waals surface area contributed by atoms with Crippen LogP contribution in [0.3, 0.4) is 0 Å². The molecule has 1 aliphatic rings. The first-order chi connectivity index (χ1) is 12.9. The molecule has 2 aromatic heterocycles. The van der Waals surface area contributed by atoms with Crippen molar-refractivity contribution in [2.24, 2.45) is 0 Å². The van der Waals surface area contributed by atoms with Gasteiger partial charge in [0.25, 0.3) is 5.91 Å². The summed E-state index contributed by atoms with van der Waals surface area (Å²) in [5, 5.41) is 0. The summed E-state index contributed by atoms with van der Waals surface area (Å²) in [5.41, 5.74) is 1.06. The predicted molar refractivity (Wildman–Crippen MR) is 93.0 cm³/mol. The molecule has 0 spiro atoms. The minimum atomic E-state index is -4.53. The molecule has 4 nitrogen and oxygen atoms in total. The second-order valence-electron chi connectivity index (χ2n) is 6.37. The van der Waals surface area contributed by atoms with E-state index in [1.54, 1.807) is 4.90 Å². The third kappa shape index (κ3) is 3.20. The Kier molecular flexibility index (Phi) is 4.22. The van der Waals surface area contributed by atoms with Gasteiger partial charge >= 0.3 is 6.18 Å². The van der Waals surface area contributed by atoms with Crippen LogP contribution in [-0.2, 0) is 12.7 Å². The molecule has 0 radical (unpaired) electrons. The van der Waals surface area contributed by atoms with Crippen molar-refractivity contribution in [1.82, 2.24) is 14.5 Å². The molecule has 7 heteroatoms. The van der Waals surface area contributed by atoms with Crippen LogP contribution in [0.4, 0.5) is 13.2 Å². The summed E-state index contributed by atoms with van der Waals surface area (Å²) in [6.07, 6.45) is -1.56. The largest absolute Gasteiger partial charge is 0.433 e. The monoisotopic (exact) mass is 371 g/mol. The van der Waals surface area contributed by atoms with E-state index >= 15 is 0 Å². The quantitative estimate of drug-likeness (QED) is 0.679. The van der Waals surface area contributed by atoms with Crippen LogP contribution >= 0.6 is 0 Å². The number of aromatic nitrogens is 2. The first-order valence-electron chi connectivity index (χ1n) is 8.49. The van der Waals surface area contributed by atoms with Crippen molar-refractivity contribution in [2.75, 3.05) is 6.54 Å². The number of hydrogen-bond acceptors (Lipinski definition) is 2. The van der Waals surface area contributed by atoms with E-state index in [4.69, 9.17) is 0 Å². The maximum Gasteiger partial charge on any atom is 0.433 e. The minimum Gasteiger partial charge on any atom is -0.348 e. The second-order valence-corrected chi connectivity index (χ2v) is 6.37. The van der Waals surface area contributed by atoms with Gasteiger partial charge < -0.3 is 9.47 Å². The third-order valence-electron chi connectivity index (χ3n) is 4.72. The number of carbonyl (C=O) groups is 1. The van der Waals surface area contributed by atoms with E-state index < -0.39 is 11.9 Å². The van der Waals surface area contributed by atoms with Crippen LogP contribution < -0.4 is 0 Å². The Morgan fingerprint density at radius 3 is 2.44 bits per heavy atom. The van der Waals surface area contributed by atoms with Crippen molar-refractivity contribution >= 4 is 5.91 Å². The summed E-state index contributed by atoms with van der Waals surface area (Å²) in [4.78, 5) is 18.2. The van der Waals surface area contributed by atoms with Crippen LogP contribution in [0.5, 0.6) is 0 Å². The van der Waals surface area contributed by atoms with Gasteiger partial charge in [0, 0.05) is 31.2 Å². The highest BCUT2D eigenvalue weighted by atomic mass is 19.4. The zero-order valence-corrected chi connectivity index (χ0v) is 14.2. The van der Waals surface area contributed by atoms with E-state index in [1.807, 2.05) is 48.7 Å². The number of rotatable bonds is 2. The van der Waals surface area contributed by atoms with Gasteiger partial charge in [0.1, 0.15) is 5.69 Å². The fraction of sp³-hybridized carbons (Fsp3) is 0.200. The maximum absolute atomic E-state index is 13.1. The number of fused-ring (bicyclic) bond motifs is 1. The molecule has 3 heterocycles. The summed E-state index contributed by atoms with van der Waals surface area (Å²) in [6.45, 7) is 1.09. The Morgan fingerprint density at radius 1 is 1.00 bits per heavy atom. The Labute approximate surface area is 153 Å². The van der Waals surface area contributed by atoms with E-state index in [9.17, 15) is 18.0 Å². The fourth-order valence-electron chi connectivity index (χ4n) is 3.44. The van der Waals surface area contributed by atoms with Crippen molar-refractivity contribution < 1.29 is 18.0 Å². The SMILES string of the molecule is O=C(c1ccc(C(F)(F)F)nc1)N1CCn2cccc2C1c1ccccc1. The Bertz CT molecular complexity index is 949. The second kappa shape index (κ2) is 6.57. The molecule has 1 amide bonds. The third-order valence-corrected chi connectivity index (χ3v) is 4.72. The number of nitrogens with zero attached hydrogens (tertiary/aromatic N) is 3. The standard InChI is InChI=1S/C20H16F3N3O/c21-20(22,23)17-9-8-15(13-24-17)19(27)26-12-11-25-10-4-7-16(25)18(26)14-5-2-1-3-6-14/h1-10,13,18H,11-12H2. The van der Waals surface area contributed by atoms with Crippen molar-refractivity contribution in [1.29, 1.82) is 0 Å². The van der Waals surface area contributed by atoms with Crippen LogP contribution in [0, 0.1) is 0 Å². The number of carbonyl (C=O) groups excluding carboxylic acids is 1.